The van der Waals surface area contributed by atoms with Gasteiger partial charge in [0, 0.05) is 24.7 Å². The van der Waals surface area contributed by atoms with Crippen molar-refractivity contribution in [2.45, 2.75) is 18.8 Å². The molecule has 1 aliphatic heterocycles. The molecule has 2 amide bonds. The maximum Gasteiger partial charge on any atom is 0.321 e. The van der Waals surface area contributed by atoms with Crippen molar-refractivity contribution in [1.29, 1.82) is 0 Å². The zero-order valence-corrected chi connectivity index (χ0v) is 13.6. The molecule has 1 N–H and O–H groups in total. The Morgan fingerprint density at radius 2 is 1.96 bits per heavy atom. The van der Waals surface area contributed by atoms with Crippen molar-refractivity contribution in [2.75, 3.05) is 18.4 Å². The van der Waals surface area contributed by atoms with E-state index in [2.05, 4.69) is 41.6 Å². The van der Waals surface area contributed by atoms with Crippen LogP contribution >= 0.6 is 0 Å². The van der Waals surface area contributed by atoms with Crippen LogP contribution in [-0.2, 0) is 5.41 Å². The number of fused-ring (bicyclic) bond motifs is 1. The zero-order chi connectivity index (χ0) is 16.6. The van der Waals surface area contributed by atoms with Crippen LogP contribution in [0.3, 0.4) is 0 Å². The Kier molecular flexibility index (Phi) is 3.49. The third-order valence-corrected chi connectivity index (χ3v) is 4.90. The first-order chi connectivity index (χ1) is 11.7. The third-order valence-electron chi connectivity index (χ3n) is 4.90. The maximum absolute atomic E-state index is 12.7. The molecule has 1 unspecified atom stereocenters. The molecule has 0 radical (unpaired) electrons. The number of hydrogen-bond donors (Lipinski definition) is 1. The second-order valence-corrected chi connectivity index (χ2v) is 6.62. The topological polar surface area (TPSA) is 49.6 Å². The smallest absolute Gasteiger partial charge is 0.321 e. The molecule has 5 heteroatoms. The number of nitrogens with zero attached hydrogens (tertiary/aromatic N) is 3. The summed E-state index contributed by atoms with van der Waals surface area (Å²) < 4.78 is 1.76. The van der Waals surface area contributed by atoms with Gasteiger partial charge in [0.15, 0.2) is 0 Å². The highest BCUT2D eigenvalue weighted by Gasteiger charge is 2.37. The summed E-state index contributed by atoms with van der Waals surface area (Å²) >= 11 is 0. The molecular formula is C19H20N4O. The molecule has 4 rings (SSSR count). The monoisotopic (exact) mass is 320 g/mol. The van der Waals surface area contributed by atoms with Crippen LogP contribution in [0.1, 0.15) is 18.9 Å². The van der Waals surface area contributed by atoms with E-state index in [1.165, 1.54) is 5.56 Å². The predicted molar refractivity (Wildman–Crippen MR) is 94.2 cm³/mol. The Morgan fingerprint density at radius 3 is 2.79 bits per heavy atom. The van der Waals surface area contributed by atoms with Crippen LogP contribution in [0.2, 0.25) is 0 Å². The van der Waals surface area contributed by atoms with E-state index in [9.17, 15) is 4.79 Å². The van der Waals surface area contributed by atoms with E-state index in [-0.39, 0.29) is 11.4 Å². The van der Waals surface area contributed by atoms with E-state index in [1.54, 1.807) is 10.7 Å². The summed E-state index contributed by atoms with van der Waals surface area (Å²) in [6.07, 6.45) is 4.53. The second-order valence-electron chi connectivity index (χ2n) is 6.62. The molecule has 3 heterocycles. The molecule has 1 aromatic carbocycles. The molecule has 3 aromatic rings. The van der Waals surface area contributed by atoms with Gasteiger partial charge in [0.2, 0.25) is 0 Å². The summed E-state index contributed by atoms with van der Waals surface area (Å²) in [5, 5.41) is 7.26. The Labute approximate surface area is 140 Å². The highest BCUT2D eigenvalue weighted by atomic mass is 16.2. The van der Waals surface area contributed by atoms with Crippen LogP contribution in [-0.4, -0.2) is 33.6 Å². The van der Waals surface area contributed by atoms with E-state index < -0.39 is 0 Å². The normalized spacial score (nSPS) is 20.5. The van der Waals surface area contributed by atoms with E-state index in [4.69, 9.17) is 0 Å². The molecule has 0 spiro atoms. The average molecular weight is 320 g/mol. The summed E-state index contributed by atoms with van der Waals surface area (Å²) in [6.45, 7) is 3.71. The fourth-order valence-corrected chi connectivity index (χ4v) is 3.44. The number of carbonyl (C=O) groups excluding carboxylic acids is 1. The van der Waals surface area contributed by atoms with E-state index in [1.807, 2.05) is 35.4 Å². The molecule has 0 aliphatic carbocycles. The van der Waals surface area contributed by atoms with Gasteiger partial charge >= 0.3 is 6.03 Å². The molecule has 2 aromatic heterocycles. The summed E-state index contributed by atoms with van der Waals surface area (Å²) in [7, 11) is 0. The fourth-order valence-electron chi connectivity index (χ4n) is 3.44. The average Bonchev–Trinajstić information content (AvgIpc) is 3.21. The first-order valence-electron chi connectivity index (χ1n) is 8.20. The van der Waals surface area contributed by atoms with Crippen molar-refractivity contribution in [1.82, 2.24) is 14.5 Å². The number of urea groups is 1. The van der Waals surface area contributed by atoms with Crippen LogP contribution in [0, 0.1) is 0 Å². The van der Waals surface area contributed by atoms with Crippen LogP contribution < -0.4 is 5.32 Å². The van der Waals surface area contributed by atoms with Crippen molar-refractivity contribution in [2.24, 2.45) is 0 Å². The van der Waals surface area contributed by atoms with Gasteiger partial charge in [-0.25, -0.2) is 9.31 Å². The van der Waals surface area contributed by atoms with Gasteiger partial charge in [-0.05, 0) is 24.1 Å². The fraction of sp³-hybridized carbons (Fsp3) is 0.263. The Bertz CT molecular complexity index is 873. The Balaban J connectivity index is 1.50. The van der Waals surface area contributed by atoms with Crippen molar-refractivity contribution in [3.63, 3.8) is 0 Å². The van der Waals surface area contributed by atoms with Gasteiger partial charge in [0.25, 0.3) is 0 Å². The van der Waals surface area contributed by atoms with Gasteiger partial charge < -0.3 is 10.2 Å². The number of rotatable bonds is 2. The molecule has 1 aliphatic rings. The number of likely N-dealkylation sites (tertiary alicyclic amines) is 1. The third kappa shape index (κ3) is 2.52. The number of carbonyl (C=O) groups is 1. The van der Waals surface area contributed by atoms with Crippen molar-refractivity contribution >= 4 is 17.2 Å². The van der Waals surface area contributed by atoms with E-state index in [0.29, 0.717) is 0 Å². The molecule has 0 bridgehead atoms. The summed E-state index contributed by atoms with van der Waals surface area (Å²) in [4.78, 5) is 14.5. The predicted octanol–water partition coefficient (Wildman–Crippen LogP) is 3.53. The van der Waals surface area contributed by atoms with E-state index >= 15 is 0 Å². The molecular weight excluding hydrogens is 300 g/mol. The molecule has 5 nitrogen and oxygen atoms in total. The van der Waals surface area contributed by atoms with Crippen LogP contribution in [0.4, 0.5) is 10.5 Å². The minimum absolute atomic E-state index is 0.0136. The largest absolute Gasteiger partial charge is 0.324 e. The Hall–Kier alpha value is -2.82. The minimum Gasteiger partial charge on any atom is -0.324 e. The second kappa shape index (κ2) is 5.67. The molecule has 1 fully saturated rings. The number of pyridine rings is 1. The number of amides is 2. The van der Waals surface area contributed by atoms with Crippen LogP contribution in [0.15, 0.2) is 60.9 Å². The number of hydrogen-bond acceptors (Lipinski definition) is 2. The lowest BCUT2D eigenvalue weighted by Gasteiger charge is -2.25. The number of benzene rings is 1. The highest BCUT2D eigenvalue weighted by molar-refractivity contribution is 5.94. The lowest BCUT2D eigenvalue weighted by molar-refractivity contribution is 0.220. The quantitative estimate of drug-likeness (QED) is 0.785. The van der Waals surface area contributed by atoms with Crippen LogP contribution in [0.5, 0.6) is 0 Å². The Morgan fingerprint density at radius 1 is 1.17 bits per heavy atom. The van der Waals surface area contributed by atoms with Gasteiger partial charge in [-0.2, -0.15) is 5.10 Å². The highest BCUT2D eigenvalue weighted by Crippen LogP contribution is 2.34. The SMILES string of the molecule is CC1(c2ccccc2)CCN(C(=O)Nc2cnn3ccccc23)C1. The van der Waals surface area contributed by atoms with Crippen molar-refractivity contribution in [3.8, 4) is 0 Å². The van der Waals surface area contributed by atoms with Gasteiger partial charge in [0.05, 0.1) is 17.4 Å². The van der Waals surface area contributed by atoms with Gasteiger partial charge in [0.1, 0.15) is 0 Å². The number of anilines is 1. The summed E-state index contributed by atoms with van der Waals surface area (Å²) in [6, 6.07) is 16.2. The van der Waals surface area contributed by atoms with Gasteiger partial charge in [-0.1, -0.05) is 43.3 Å². The van der Waals surface area contributed by atoms with E-state index in [0.717, 1.165) is 30.7 Å². The van der Waals surface area contributed by atoms with Gasteiger partial charge in [-0.15, -0.1) is 0 Å². The maximum atomic E-state index is 12.7. The van der Waals surface area contributed by atoms with Crippen molar-refractivity contribution in [3.05, 3.63) is 66.5 Å². The summed E-state index contributed by atoms with van der Waals surface area (Å²) in [5.74, 6) is 0. The molecule has 1 saturated heterocycles. The number of nitrogens with one attached hydrogen (secondary N) is 1. The molecule has 122 valence electrons. The molecule has 1 atom stereocenters. The molecule has 24 heavy (non-hydrogen) atoms. The summed E-state index contributed by atoms with van der Waals surface area (Å²) in [5.41, 5.74) is 2.95. The van der Waals surface area contributed by atoms with Crippen molar-refractivity contribution < 1.29 is 4.79 Å². The first-order valence-corrected chi connectivity index (χ1v) is 8.20. The zero-order valence-electron chi connectivity index (χ0n) is 13.6. The lowest BCUT2D eigenvalue weighted by Crippen LogP contribution is -2.35. The standard InChI is InChI=1S/C19H20N4O/c1-19(15-7-3-2-4-8-15)10-12-22(14-19)18(24)21-16-13-20-23-11-6-5-9-17(16)23/h2-9,11,13H,10,12,14H2,1H3,(H,21,24). The van der Waals surface area contributed by atoms with Gasteiger partial charge in [-0.3, -0.25) is 0 Å². The minimum atomic E-state index is -0.0617. The van der Waals surface area contributed by atoms with Crippen LogP contribution in [0.25, 0.3) is 5.52 Å². The molecule has 0 saturated carbocycles. The first kappa shape index (κ1) is 14.8. The number of aromatic nitrogens is 2. The lowest BCUT2D eigenvalue weighted by atomic mass is 9.82.